The van der Waals surface area contributed by atoms with Crippen LogP contribution in [-0.2, 0) is 11.2 Å². The Labute approximate surface area is 160 Å². The molecule has 0 fully saturated rings. The zero-order valence-electron chi connectivity index (χ0n) is 15.8. The molecule has 0 aliphatic heterocycles. The predicted molar refractivity (Wildman–Crippen MR) is 108 cm³/mol. The monoisotopic (exact) mass is 366 g/mol. The van der Waals surface area contributed by atoms with Gasteiger partial charge in [0.1, 0.15) is 0 Å². The summed E-state index contributed by atoms with van der Waals surface area (Å²) in [7, 11) is 1.59. The van der Waals surface area contributed by atoms with Gasteiger partial charge in [0.25, 0.3) is 5.91 Å². The number of amides is 1. The number of hydrogen-bond acceptors (Lipinski definition) is 4. The summed E-state index contributed by atoms with van der Waals surface area (Å²) >= 11 is 0. The molecule has 0 aromatic heterocycles. The summed E-state index contributed by atoms with van der Waals surface area (Å²) in [5, 5.41) is 3.08. The number of hydrogen-bond donors (Lipinski definition) is 2. The Morgan fingerprint density at radius 2 is 2.11 bits per heavy atom. The number of aryl methyl sites for hydroxylation is 1. The Morgan fingerprint density at radius 3 is 2.89 bits per heavy atom. The van der Waals surface area contributed by atoms with Gasteiger partial charge < -0.3 is 20.5 Å². The summed E-state index contributed by atoms with van der Waals surface area (Å²) in [5.74, 6) is 1.01. The van der Waals surface area contributed by atoms with Crippen LogP contribution in [-0.4, -0.2) is 19.6 Å². The van der Waals surface area contributed by atoms with Gasteiger partial charge in [-0.05, 0) is 67.1 Å². The van der Waals surface area contributed by atoms with Gasteiger partial charge in [0.05, 0.1) is 13.2 Å². The topological polar surface area (TPSA) is 73.6 Å². The van der Waals surface area contributed by atoms with Crippen LogP contribution in [0, 0.1) is 0 Å². The lowest BCUT2D eigenvalue weighted by atomic mass is 9.87. The van der Waals surface area contributed by atoms with E-state index in [2.05, 4.69) is 5.32 Å². The number of nitrogen functional groups attached to an aromatic ring is 1. The first-order chi connectivity index (χ1) is 13.1. The van der Waals surface area contributed by atoms with Crippen LogP contribution in [0.25, 0.3) is 6.08 Å². The fourth-order valence-electron chi connectivity index (χ4n) is 3.46. The molecule has 27 heavy (non-hydrogen) atoms. The Kier molecular flexibility index (Phi) is 6.01. The van der Waals surface area contributed by atoms with E-state index in [1.165, 1.54) is 5.56 Å². The molecule has 2 aromatic rings. The molecule has 3 N–H and O–H groups in total. The average Bonchev–Trinajstić information content (AvgIpc) is 2.67. The molecule has 1 aliphatic carbocycles. The van der Waals surface area contributed by atoms with E-state index in [9.17, 15) is 4.79 Å². The van der Waals surface area contributed by atoms with E-state index in [-0.39, 0.29) is 18.6 Å². The molecular weight excluding hydrogens is 340 g/mol. The zero-order valence-corrected chi connectivity index (χ0v) is 15.8. The molecule has 0 heterocycles. The lowest BCUT2D eigenvalue weighted by Gasteiger charge is -2.26. The summed E-state index contributed by atoms with van der Waals surface area (Å²) in [6, 6.07) is 11.5. The van der Waals surface area contributed by atoms with Gasteiger partial charge in [0.2, 0.25) is 0 Å². The van der Waals surface area contributed by atoms with Gasteiger partial charge in [-0.3, -0.25) is 4.79 Å². The fourth-order valence-corrected chi connectivity index (χ4v) is 3.46. The van der Waals surface area contributed by atoms with Crippen molar-refractivity contribution in [2.75, 3.05) is 19.5 Å². The van der Waals surface area contributed by atoms with Gasteiger partial charge in [-0.1, -0.05) is 24.3 Å². The number of carbonyl (C=O) groups excluding carboxylic acids is 1. The van der Waals surface area contributed by atoms with E-state index in [0.717, 1.165) is 36.1 Å². The minimum Gasteiger partial charge on any atom is -0.493 e. The second kappa shape index (κ2) is 8.62. The number of nitrogens with one attached hydrogen (secondary N) is 1. The molecular formula is C22H26N2O3. The van der Waals surface area contributed by atoms with Crippen molar-refractivity contribution in [2.45, 2.75) is 32.2 Å². The van der Waals surface area contributed by atoms with E-state index in [1.807, 2.05) is 55.5 Å². The molecule has 2 aromatic carbocycles. The van der Waals surface area contributed by atoms with Crippen LogP contribution in [0.2, 0.25) is 0 Å². The first kappa shape index (κ1) is 18.8. The second-order valence-electron chi connectivity index (χ2n) is 6.67. The number of nitrogens with two attached hydrogens (primary N) is 1. The van der Waals surface area contributed by atoms with Gasteiger partial charge >= 0.3 is 0 Å². The molecule has 0 spiro atoms. The van der Waals surface area contributed by atoms with Crippen LogP contribution in [0.5, 0.6) is 11.5 Å². The van der Waals surface area contributed by atoms with Crippen molar-refractivity contribution in [1.29, 1.82) is 0 Å². The highest BCUT2D eigenvalue weighted by Gasteiger charge is 2.22. The SMILES string of the molecule is C/C=C/c1ccc(OCC(=O)NC2CCCc3cc(N)ccc32)c(OC)c1. The van der Waals surface area contributed by atoms with Crippen molar-refractivity contribution in [1.82, 2.24) is 5.32 Å². The van der Waals surface area contributed by atoms with Gasteiger partial charge in [-0.2, -0.15) is 0 Å². The molecule has 1 aliphatic rings. The number of fused-ring (bicyclic) bond motifs is 1. The largest absolute Gasteiger partial charge is 0.493 e. The number of carbonyl (C=O) groups is 1. The zero-order chi connectivity index (χ0) is 19.2. The number of methoxy groups -OCH3 is 1. The van der Waals surface area contributed by atoms with E-state index in [4.69, 9.17) is 15.2 Å². The smallest absolute Gasteiger partial charge is 0.258 e. The average molecular weight is 366 g/mol. The lowest BCUT2D eigenvalue weighted by molar-refractivity contribution is -0.124. The van der Waals surface area contributed by atoms with E-state index >= 15 is 0 Å². The number of rotatable bonds is 6. The Morgan fingerprint density at radius 1 is 1.26 bits per heavy atom. The van der Waals surface area contributed by atoms with E-state index in [1.54, 1.807) is 7.11 Å². The summed E-state index contributed by atoms with van der Waals surface area (Å²) < 4.78 is 11.1. The third-order valence-corrected chi connectivity index (χ3v) is 4.72. The van der Waals surface area contributed by atoms with Crippen molar-refractivity contribution in [2.24, 2.45) is 0 Å². The molecule has 0 saturated heterocycles. The first-order valence-electron chi connectivity index (χ1n) is 9.22. The van der Waals surface area contributed by atoms with Gasteiger partial charge in [0.15, 0.2) is 18.1 Å². The number of allylic oxidation sites excluding steroid dienone is 1. The van der Waals surface area contributed by atoms with Crippen LogP contribution in [0.3, 0.4) is 0 Å². The molecule has 3 rings (SSSR count). The molecule has 1 amide bonds. The molecule has 0 radical (unpaired) electrons. The maximum absolute atomic E-state index is 12.4. The highest BCUT2D eigenvalue weighted by atomic mass is 16.5. The van der Waals surface area contributed by atoms with Crippen LogP contribution < -0.4 is 20.5 Å². The molecule has 1 atom stereocenters. The number of anilines is 1. The highest BCUT2D eigenvalue weighted by molar-refractivity contribution is 5.78. The van der Waals surface area contributed by atoms with Crippen LogP contribution in [0.1, 0.15) is 42.5 Å². The standard InChI is InChI=1S/C22H26N2O3/c1-3-5-15-8-11-20(21(12-15)26-2)27-14-22(25)24-19-7-4-6-16-13-17(23)9-10-18(16)19/h3,5,8-13,19H,4,6-7,14,23H2,1-2H3,(H,24,25)/b5-3+. The Hall–Kier alpha value is -2.95. The maximum Gasteiger partial charge on any atom is 0.258 e. The summed E-state index contributed by atoms with van der Waals surface area (Å²) in [6.07, 6.45) is 6.89. The third-order valence-electron chi connectivity index (χ3n) is 4.72. The van der Waals surface area contributed by atoms with E-state index in [0.29, 0.717) is 11.5 Å². The summed E-state index contributed by atoms with van der Waals surface area (Å²) in [5.41, 5.74) is 10.0. The minimum absolute atomic E-state index is 0.00409. The lowest BCUT2D eigenvalue weighted by Crippen LogP contribution is -2.34. The molecule has 5 nitrogen and oxygen atoms in total. The summed E-state index contributed by atoms with van der Waals surface area (Å²) in [4.78, 5) is 12.4. The number of ether oxygens (including phenoxy) is 2. The molecule has 1 unspecified atom stereocenters. The van der Waals surface area contributed by atoms with Crippen LogP contribution in [0.15, 0.2) is 42.5 Å². The highest BCUT2D eigenvalue weighted by Crippen LogP contribution is 2.31. The quantitative estimate of drug-likeness (QED) is 0.761. The van der Waals surface area contributed by atoms with E-state index < -0.39 is 0 Å². The molecule has 5 heteroatoms. The van der Waals surface area contributed by atoms with Crippen molar-refractivity contribution in [3.8, 4) is 11.5 Å². The van der Waals surface area contributed by atoms with Gasteiger partial charge in [-0.25, -0.2) is 0 Å². The van der Waals surface area contributed by atoms with Crippen LogP contribution >= 0.6 is 0 Å². The van der Waals surface area contributed by atoms with Gasteiger partial charge in [0, 0.05) is 5.69 Å². The first-order valence-corrected chi connectivity index (χ1v) is 9.22. The fraction of sp³-hybridized carbons (Fsp3) is 0.318. The molecule has 142 valence electrons. The maximum atomic E-state index is 12.4. The van der Waals surface area contributed by atoms with Crippen molar-refractivity contribution >= 4 is 17.7 Å². The molecule has 0 saturated carbocycles. The van der Waals surface area contributed by atoms with Crippen LogP contribution in [0.4, 0.5) is 5.69 Å². The third kappa shape index (κ3) is 4.61. The summed E-state index contributed by atoms with van der Waals surface area (Å²) in [6.45, 7) is 1.90. The molecule has 0 bridgehead atoms. The number of benzene rings is 2. The normalized spacial score (nSPS) is 16.0. The van der Waals surface area contributed by atoms with Crippen molar-refractivity contribution < 1.29 is 14.3 Å². The second-order valence-corrected chi connectivity index (χ2v) is 6.67. The Bertz CT molecular complexity index is 845. The van der Waals surface area contributed by atoms with Crippen molar-refractivity contribution in [3.05, 3.63) is 59.2 Å². The Balaban J connectivity index is 1.63. The van der Waals surface area contributed by atoms with Gasteiger partial charge in [-0.15, -0.1) is 0 Å². The minimum atomic E-state index is -0.149. The van der Waals surface area contributed by atoms with Crippen molar-refractivity contribution in [3.63, 3.8) is 0 Å². The predicted octanol–water partition coefficient (Wildman–Crippen LogP) is 3.88.